The van der Waals surface area contributed by atoms with Crippen molar-refractivity contribution in [3.63, 3.8) is 0 Å². The van der Waals surface area contributed by atoms with Crippen molar-refractivity contribution in [2.45, 2.75) is 31.2 Å². The zero-order valence-electron chi connectivity index (χ0n) is 16.4. The molecule has 2 aromatic carbocycles. The van der Waals surface area contributed by atoms with Gasteiger partial charge in [0.15, 0.2) is 6.61 Å². The highest BCUT2D eigenvalue weighted by molar-refractivity contribution is 8.00. The lowest BCUT2D eigenvalue weighted by atomic mass is 9.97. The first-order chi connectivity index (χ1) is 13.8. The van der Waals surface area contributed by atoms with Crippen molar-refractivity contribution in [2.24, 2.45) is 5.92 Å². The lowest BCUT2D eigenvalue weighted by Crippen LogP contribution is -2.33. The molecule has 0 aliphatic rings. The molecule has 1 atom stereocenters. The van der Waals surface area contributed by atoms with Gasteiger partial charge in [-0.2, -0.15) is 0 Å². The van der Waals surface area contributed by atoms with E-state index in [1.54, 1.807) is 12.1 Å². The van der Waals surface area contributed by atoms with Crippen molar-refractivity contribution in [3.05, 3.63) is 70.3 Å². The molecule has 0 saturated heterocycles. The number of carbonyl (C=O) groups excluding carboxylic acids is 2. The number of nitrogens with zero attached hydrogens (tertiary/aromatic N) is 1. The van der Waals surface area contributed by atoms with Gasteiger partial charge >= 0.3 is 5.97 Å². The molecule has 0 aliphatic heterocycles. The van der Waals surface area contributed by atoms with E-state index < -0.39 is 10.9 Å². The first-order valence-corrected chi connectivity index (χ1v) is 10.2. The molecule has 0 unspecified atom stereocenters. The van der Waals surface area contributed by atoms with E-state index in [2.05, 4.69) is 19.2 Å². The van der Waals surface area contributed by atoms with Crippen LogP contribution in [0, 0.1) is 16.0 Å². The molecule has 0 aromatic heterocycles. The average molecular weight is 416 g/mol. The van der Waals surface area contributed by atoms with E-state index in [9.17, 15) is 19.7 Å². The topological polar surface area (TPSA) is 98.5 Å². The summed E-state index contributed by atoms with van der Waals surface area (Å²) in [6.45, 7) is 3.82. The standard InChI is InChI=1S/C21H24N2O5S/c1-15(2)12-19(16-6-4-3-5-7-16)22-20(24)13-28-21(25)14-29-18-10-8-17(9-11-18)23(26)27/h3-11,15,19H,12-14H2,1-2H3,(H,22,24)/t19-/m0/s1. The minimum atomic E-state index is -0.524. The second-order valence-electron chi connectivity index (χ2n) is 6.86. The van der Waals surface area contributed by atoms with Crippen LogP contribution in [0.1, 0.15) is 31.9 Å². The van der Waals surface area contributed by atoms with E-state index >= 15 is 0 Å². The molecule has 0 fully saturated rings. The van der Waals surface area contributed by atoms with Crippen LogP contribution in [-0.4, -0.2) is 29.2 Å². The van der Waals surface area contributed by atoms with Crippen LogP contribution in [0.3, 0.4) is 0 Å². The fourth-order valence-corrected chi connectivity index (χ4v) is 3.36. The monoisotopic (exact) mass is 416 g/mol. The van der Waals surface area contributed by atoms with Crippen LogP contribution >= 0.6 is 11.8 Å². The van der Waals surface area contributed by atoms with Crippen LogP contribution in [0.2, 0.25) is 0 Å². The summed E-state index contributed by atoms with van der Waals surface area (Å²) in [7, 11) is 0. The van der Waals surface area contributed by atoms with E-state index in [1.165, 1.54) is 23.9 Å². The molecule has 0 spiro atoms. The maximum atomic E-state index is 12.2. The number of thioether (sulfide) groups is 1. The Morgan fingerprint density at radius 2 is 1.76 bits per heavy atom. The van der Waals surface area contributed by atoms with Gasteiger partial charge in [0.1, 0.15) is 0 Å². The maximum Gasteiger partial charge on any atom is 0.316 e. The molecule has 8 heteroatoms. The van der Waals surface area contributed by atoms with Crippen LogP contribution < -0.4 is 5.32 Å². The number of hydrogen-bond donors (Lipinski definition) is 1. The van der Waals surface area contributed by atoms with Crippen LogP contribution in [0.25, 0.3) is 0 Å². The predicted octanol–water partition coefficient (Wildman–Crippen LogP) is 4.13. The lowest BCUT2D eigenvalue weighted by molar-refractivity contribution is -0.384. The molecular weight excluding hydrogens is 392 g/mol. The summed E-state index contributed by atoms with van der Waals surface area (Å²) in [5.74, 6) is -0.475. The first-order valence-electron chi connectivity index (χ1n) is 9.22. The summed E-state index contributed by atoms with van der Waals surface area (Å²) in [5, 5.41) is 13.6. The zero-order chi connectivity index (χ0) is 21.2. The summed E-state index contributed by atoms with van der Waals surface area (Å²) in [6, 6.07) is 15.4. The van der Waals surface area contributed by atoms with Crippen LogP contribution in [0.15, 0.2) is 59.5 Å². The highest BCUT2D eigenvalue weighted by Crippen LogP contribution is 2.22. The number of esters is 1. The van der Waals surface area contributed by atoms with Gasteiger partial charge in [-0.05, 0) is 30.0 Å². The maximum absolute atomic E-state index is 12.2. The smallest absolute Gasteiger partial charge is 0.316 e. The minimum Gasteiger partial charge on any atom is -0.455 e. The van der Waals surface area contributed by atoms with Gasteiger partial charge in [0.2, 0.25) is 0 Å². The molecule has 0 heterocycles. The molecule has 29 heavy (non-hydrogen) atoms. The van der Waals surface area contributed by atoms with E-state index in [4.69, 9.17) is 4.74 Å². The quantitative estimate of drug-likeness (QED) is 0.271. The Balaban J connectivity index is 1.79. The predicted molar refractivity (Wildman–Crippen MR) is 112 cm³/mol. The summed E-state index contributed by atoms with van der Waals surface area (Å²) in [6.07, 6.45) is 0.777. The number of nitrogens with one attached hydrogen (secondary N) is 1. The van der Waals surface area contributed by atoms with Crippen molar-refractivity contribution >= 4 is 29.3 Å². The van der Waals surface area contributed by atoms with Gasteiger partial charge in [-0.15, -0.1) is 11.8 Å². The van der Waals surface area contributed by atoms with E-state index in [0.717, 1.165) is 12.0 Å². The van der Waals surface area contributed by atoms with Crippen molar-refractivity contribution in [1.82, 2.24) is 5.32 Å². The van der Waals surface area contributed by atoms with Crippen LogP contribution in [-0.2, 0) is 14.3 Å². The molecule has 1 amide bonds. The second kappa shape index (κ2) is 11.2. The summed E-state index contributed by atoms with van der Waals surface area (Å²) in [5.41, 5.74) is 0.998. The Morgan fingerprint density at radius 3 is 2.34 bits per heavy atom. The number of nitro groups is 1. The van der Waals surface area contributed by atoms with Crippen molar-refractivity contribution in [1.29, 1.82) is 0 Å². The largest absolute Gasteiger partial charge is 0.455 e. The van der Waals surface area contributed by atoms with Gasteiger partial charge in [-0.3, -0.25) is 19.7 Å². The van der Waals surface area contributed by atoms with Gasteiger partial charge in [-0.1, -0.05) is 44.2 Å². The number of carbonyl (C=O) groups is 2. The third-order valence-electron chi connectivity index (χ3n) is 4.01. The average Bonchev–Trinajstić information content (AvgIpc) is 2.71. The number of amides is 1. The Morgan fingerprint density at radius 1 is 1.10 bits per heavy atom. The van der Waals surface area contributed by atoms with Gasteiger partial charge in [0.25, 0.3) is 11.6 Å². The molecule has 0 saturated carbocycles. The zero-order valence-corrected chi connectivity index (χ0v) is 17.2. The highest BCUT2D eigenvalue weighted by Gasteiger charge is 2.17. The molecule has 154 valence electrons. The Kier molecular flexibility index (Phi) is 8.67. The molecule has 0 radical (unpaired) electrons. The molecule has 1 N–H and O–H groups in total. The summed E-state index contributed by atoms with van der Waals surface area (Å²) < 4.78 is 5.05. The van der Waals surface area contributed by atoms with Gasteiger partial charge in [-0.25, -0.2) is 0 Å². The van der Waals surface area contributed by atoms with Crippen LogP contribution in [0.5, 0.6) is 0 Å². The van der Waals surface area contributed by atoms with Gasteiger partial charge in [0, 0.05) is 17.0 Å². The summed E-state index contributed by atoms with van der Waals surface area (Å²) in [4.78, 5) is 35.0. The van der Waals surface area contributed by atoms with Crippen LogP contribution in [0.4, 0.5) is 5.69 Å². The SMILES string of the molecule is CC(C)C[C@H](NC(=O)COC(=O)CSc1ccc([N+](=O)[O-])cc1)c1ccccc1. The van der Waals surface area contributed by atoms with Crippen molar-refractivity contribution < 1.29 is 19.2 Å². The third-order valence-corrected chi connectivity index (χ3v) is 5.00. The molecule has 0 bridgehead atoms. The fraction of sp³-hybridized carbons (Fsp3) is 0.333. The number of non-ortho nitro benzene ring substituents is 1. The summed E-state index contributed by atoms with van der Waals surface area (Å²) >= 11 is 1.19. The fourth-order valence-electron chi connectivity index (χ4n) is 2.67. The number of nitro benzene ring substituents is 1. The number of ether oxygens (including phenoxy) is 1. The van der Waals surface area contributed by atoms with E-state index in [-0.39, 0.29) is 30.0 Å². The molecule has 7 nitrogen and oxygen atoms in total. The van der Waals surface area contributed by atoms with Gasteiger partial charge < -0.3 is 10.1 Å². The van der Waals surface area contributed by atoms with E-state index in [1.807, 2.05) is 30.3 Å². The first kappa shape index (κ1) is 22.4. The molecular formula is C21H24N2O5S. The van der Waals surface area contributed by atoms with Crippen molar-refractivity contribution in [2.75, 3.05) is 12.4 Å². The van der Waals surface area contributed by atoms with E-state index in [0.29, 0.717) is 10.8 Å². The number of benzene rings is 2. The molecule has 2 rings (SSSR count). The van der Waals surface area contributed by atoms with Gasteiger partial charge in [0.05, 0.1) is 16.7 Å². The highest BCUT2D eigenvalue weighted by atomic mass is 32.2. The minimum absolute atomic E-state index is 0.0111. The lowest BCUT2D eigenvalue weighted by Gasteiger charge is -2.21. The second-order valence-corrected chi connectivity index (χ2v) is 7.91. The normalized spacial score (nSPS) is 11.7. The Labute approximate surface area is 174 Å². The number of rotatable bonds is 10. The third kappa shape index (κ3) is 7.95. The van der Waals surface area contributed by atoms with Crippen molar-refractivity contribution in [3.8, 4) is 0 Å². The molecule has 0 aliphatic carbocycles. The Bertz CT molecular complexity index is 825. The number of hydrogen-bond acceptors (Lipinski definition) is 6. The molecule has 2 aromatic rings. The Hall–Kier alpha value is -2.87.